The van der Waals surface area contributed by atoms with Crippen LogP contribution in [-0.2, 0) is 9.53 Å². The van der Waals surface area contributed by atoms with Gasteiger partial charge in [0.05, 0.1) is 28.0 Å². The number of aromatic nitrogens is 2. The van der Waals surface area contributed by atoms with E-state index in [0.29, 0.717) is 16.4 Å². The van der Waals surface area contributed by atoms with E-state index in [1.165, 1.54) is 7.11 Å². The molecule has 1 aliphatic heterocycles. The highest BCUT2D eigenvalue weighted by Crippen LogP contribution is 2.38. The van der Waals surface area contributed by atoms with Gasteiger partial charge >= 0.3 is 0 Å². The van der Waals surface area contributed by atoms with Crippen LogP contribution in [0.5, 0.6) is 0 Å². The molecule has 1 amide bonds. The number of hydrogen-bond donors (Lipinski definition) is 3. The van der Waals surface area contributed by atoms with Crippen molar-refractivity contribution in [1.29, 1.82) is 0 Å². The van der Waals surface area contributed by atoms with Gasteiger partial charge in [-0.05, 0) is 12.8 Å². The first-order valence-corrected chi connectivity index (χ1v) is 7.93. The fourth-order valence-electron chi connectivity index (χ4n) is 2.99. The number of halogens is 1. The first-order valence-electron chi connectivity index (χ1n) is 7.55. The summed E-state index contributed by atoms with van der Waals surface area (Å²) in [6.07, 6.45) is 5.36. The molecule has 0 aliphatic carbocycles. The molecule has 7 nitrogen and oxygen atoms in total. The molecule has 1 unspecified atom stereocenters. The number of rotatable bonds is 4. The first kappa shape index (κ1) is 16.0. The molecule has 0 bridgehead atoms. The minimum atomic E-state index is -0.227. The second kappa shape index (κ2) is 6.74. The molecule has 3 heterocycles. The SMILES string of the molecule is COCC(=O)Nc1c[nH]c2ncc(Cl)c(N3CCCC(N)C3)c12. The topological polar surface area (TPSA) is 96.3 Å². The second-order valence-electron chi connectivity index (χ2n) is 5.71. The monoisotopic (exact) mass is 337 g/mol. The molecule has 4 N–H and O–H groups in total. The van der Waals surface area contributed by atoms with Crippen molar-refractivity contribution in [3.8, 4) is 0 Å². The molecular formula is C15H20ClN5O2. The van der Waals surface area contributed by atoms with Crippen LogP contribution in [0.4, 0.5) is 11.4 Å². The number of H-pyrrole nitrogens is 1. The molecule has 1 aliphatic rings. The van der Waals surface area contributed by atoms with Gasteiger partial charge in [0.1, 0.15) is 12.3 Å². The van der Waals surface area contributed by atoms with Crippen molar-refractivity contribution in [2.24, 2.45) is 5.73 Å². The average Bonchev–Trinajstić information content (AvgIpc) is 2.90. The first-order chi connectivity index (χ1) is 11.1. The molecule has 2 aromatic rings. The number of hydrogen-bond acceptors (Lipinski definition) is 5. The normalized spacial score (nSPS) is 18.4. The number of nitrogens with one attached hydrogen (secondary N) is 2. The predicted octanol–water partition coefficient (Wildman–Crippen LogP) is 1.73. The number of nitrogens with zero attached hydrogens (tertiary/aromatic N) is 2. The Balaban J connectivity index is 2.03. The van der Waals surface area contributed by atoms with Gasteiger partial charge in [0.2, 0.25) is 5.91 Å². The third-order valence-electron chi connectivity index (χ3n) is 3.95. The zero-order chi connectivity index (χ0) is 16.4. The maximum absolute atomic E-state index is 11.8. The van der Waals surface area contributed by atoms with E-state index in [4.69, 9.17) is 22.1 Å². The van der Waals surface area contributed by atoms with Crippen molar-refractivity contribution in [3.63, 3.8) is 0 Å². The fraction of sp³-hybridized carbons (Fsp3) is 0.467. The zero-order valence-electron chi connectivity index (χ0n) is 12.9. The van der Waals surface area contributed by atoms with Crippen LogP contribution in [0.15, 0.2) is 12.4 Å². The lowest BCUT2D eigenvalue weighted by Gasteiger charge is -2.33. The highest BCUT2D eigenvalue weighted by molar-refractivity contribution is 6.35. The summed E-state index contributed by atoms with van der Waals surface area (Å²) in [6, 6.07) is 0.119. The van der Waals surface area contributed by atoms with Gasteiger partial charge in [-0.2, -0.15) is 0 Å². The number of carbonyl (C=O) groups excluding carboxylic acids is 1. The lowest BCUT2D eigenvalue weighted by atomic mass is 10.1. The third-order valence-corrected chi connectivity index (χ3v) is 4.23. The van der Waals surface area contributed by atoms with Crippen LogP contribution in [0.3, 0.4) is 0 Å². The molecule has 0 aromatic carbocycles. The summed E-state index contributed by atoms with van der Waals surface area (Å²) in [7, 11) is 1.48. The Labute approximate surface area is 139 Å². The molecule has 1 saturated heterocycles. The second-order valence-corrected chi connectivity index (χ2v) is 6.12. The minimum Gasteiger partial charge on any atom is -0.375 e. The zero-order valence-corrected chi connectivity index (χ0v) is 13.7. The van der Waals surface area contributed by atoms with Crippen molar-refractivity contribution >= 4 is 39.9 Å². The molecule has 0 spiro atoms. The van der Waals surface area contributed by atoms with Gasteiger partial charge in [-0.15, -0.1) is 0 Å². The van der Waals surface area contributed by atoms with Crippen LogP contribution in [-0.4, -0.2) is 48.7 Å². The van der Waals surface area contributed by atoms with Crippen LogP contribution in [0.1, 0.15) is 12.8 Å². The number of fused-ring (bicyclic) bond motifs is 1. The summed E-state index contributed by atoms with van der Waals surface area (Å²) < 4.78 is 4.86. The Morgan fingerprint density at radius 2 is 2.48 bits per heavy atom. The van der Waals surface area contributed by atoms with Crippen LogP contribution < -0.4 is 16.0 Å². The molecule has 1 fully saturated rings. The summed E-state index contributed by atoms with van der Waals surface area (Å²) in [4.78, 5) is 21.4. The van der Waals surface area contributed by atoms with E-state index in [2.05, 4.69) is 20.2 Å². The Morgan fingerprint density at radius 1 is 1.65 bits per heavy atom. The molecule has 2 aromatic heterocycles. The Kier molecular flexibility index (Phi) is 4.70. The van der Waals surface area contributed by atoms with Gasteiger partial charge < -0.3 is 25.7 Å². The minimum absolute atomic E-state index is 0.00934. The van der Waals surface area contributed by atoms with Crippen molar-refractivity contribution in [2.75, 3.05) is 37.0 Å². The largest absolute Gasteiger partial charge is 0.375 e. The van der Waals surface area contributed by atoms with E-state index in [9.17, 15) is 4.79 Å². The fourth-order valence-corrected chi connectivity index (χ4v) is 3.26. The number of nitrogens with two attached hydrogens (primary N) is 1. The number of amides is 1. The molecule has 3 rings (SSSR count). The van der Waals surface area contributed by atoms with E-state index in [0.717, 1.165) is 37.0 Å². The van der Waals surface area contributed by atoms with E-state index in [-0.39, 0.29) is 18.6 Å². The maximum Gasteiger partial charge on any atom is 0.250 e. The van der Waals surface area contributed by atoms with Gasteiger partial charge in [0.25, 0.3) is 0 Å². The number of aromatic amines is 1. The summed E-state index contributed by atoms with van der Waals surface area (Å²) in [5.41, 5.74) is 8.28. The Bertz CT molecular complexity index is 717. The average molecular weight is 338 g/mol. The molecule has 0 radical (unpaired) electrons. The van der Waals surface area contributed by atoms with Crippen LogP contribution in [0.25, 0.3) is 11.0 Å². The van der Waals surface area contributed by atoms with E-state index in [1.807, 2.05) is 0 Å². The predicted molar refractivity (Wildman–Crippen MR) is 91.0 cm³/mol. The standard InChI is InChI=1S/C15H20ClN5O2/c1-23-8-12(22)20-11-6-19-15-13(11)14(10(16)5-18-15)21-4-2-3-9(17)7-21/h5-6,9H,2-4,7-8,17H2,1H3,(H,18,19)(H,20,22). The molecule has 23 heavy (non-hydrogen) atoms. The Hall–Kier alpha value is -1.83. The van der Waals surface area contributed by atoms with E-state index >= 15 is 0 Å². The van der Waals surface area contributed by atoms with Gasteiger partial charge in [-0.3, -0.25) is 4.79 Å². The van der Waals surface area contributed by atoms with Gasteiger partial charge in [0.15, 0.2) is 0 Å². The smallest absolute Gasteiger partial charge is 0.250 e. The third kappa shape index (κ3) is 3.26. The van der Waals surface area contributed by atoms with Gasteiger partial charge in [0, 0.05) is 32.4 Å². The van der Waals surface area contributed by atoms with Crippen LogP contribution in [0.2, 0.25) is 5.02 Å². The number of carbonyl (C=O) groups is 1. The molecular weight excluding hydrogens is 318 g/mol. The number of piperidine rings is 1. The highest BCUT2D eigenvalue weighted by Gasteiger charge is 2.24. The molecule has 124 valence electrons. The lowest BCUT2D eigenvalue weighted by Crippen LogP contribution is -2.43. The van der Waals surface area contributed by atoms with Crippen molar-refractivity contribution < 1.29 is 9.53 Å². The lowest BCUT2D eigenvalue weighted by molar-refractivity contribution is -0.119. The van der Waals surface area contributed by atoms with Crippen molar-refractivity contribution in [3.05, 3.63) is 17.4 Å². The quantitative estimate of drug-likeness (QED) is 0.789. The van der Waals surface area contributed by atoms with E-state index in [1.54, 1.807) is 12.4 Å². The molecule has 8 heteroatoms. The number of ether oxygens (including phenoxy) is 1. The summed E-state index contributed by atoms with van der Waals surface area (Å²) >= 11 is 6.41. The van der Waals surface area contributed by atoms with Crippen LogP contribution in [0, 0.1) is 0 Å². The van der Waals surface area contributed by atoms with Gasteiger partial charge in [-0.25, -0.2) is 4.98 Å². The summed E-state index contributed by atoms with van der Waals surface area (Å²) in [5, 5.41) is 4.18. The van der Waals surface area contributed by atoms with Crippen LogP contribution >= 0.6 is 11.6 Å². The number of anilines is 2. The molecule has 1 atom stereocenters. The van der Waals surface area contributed by atoms with Gasteiger partial charge in [-0.1, -0.05) is 11.6 Å². The van der Waals surface area contributed by atoms with Crippen molar-refractivity contribution in [1.82, 2.24) is 9.97 Å². The number of pyridine rings is 1. The van der Waals surface area contributed by atoms with Crippen molar-refractivity contribution in [2.45, 2.75) is 18.9 Å². The number of methoxy groups -OCH3 is 1. The summed E-state index contributed by atoms with van der Waals surface area (Å²) in [5.74, 6) is -0.227. The summed E-state index contributed by atoms with van der Waals surface area (Å²) in [6.45, 7) is 1.60. The molecule has 0 saturated carbocycles. The Morgan fingerprint density at radius 3 is 3.22 bits per heavy atom. The maximum atomic E-state index is 11.8. The van der Waals surface area contributed by atoms with E-state index < -0.39 is 0 Å². The highest BCUT2D eigenvalue weighted by atomic mass is 35.5.